The summed E-state index contributed by atoms with van der Waals surface area (Å²) in [5.74, 6) is -2.15. The van der Waals surface area contributed by atoms with Gasteiger partial charge in [-0.25, -0.2) is 24.3 Å². The van der Waals surface area contributed by atoms with E-state index in [9.17, 15) is 19.5 Å². The van der Waals surface area contributed by atoms with E-state index < -0.39 is 17.8 Å². The number of imide groups is 1. The summed E-state index contributed by atoms with van der Waals surface area (Å²) in [5, 5.41) is 25.7. The van der Waals surface area contributed by atoms with Gasteiger partial charge >= 0.3 is 5.97 Å². The number of amides is 2. The van der Waals surface area contributed by atoms with Crippen LogP contribution < -0.4 is 20.8 Å². The van der Waals surface area contributed by atoms with E-state index >= 15 is 0 Å². The standard InChI is InChI=1S/C28H28N4O8/c1-3-29-24-20-14-38-32(19-9-5-16(6-10-19)13-40-37)39-15-21(20)25(30-4-2)23-22(24)26(33)31(27(23)34)18-11-7-17(8-12-18)28(35)36/h5-12,29-30,37H,3-4,13-15H2,1-2H3,(H,35,36). The second-order valence-electron chi connectivity index (χ2n) is 9.06. The number of aromatic carboxylic acids is 1. The van der Waals surface area contributed by atoms with Crippen molar-refractivity contribution in [3.63, 3.8) is 0 Å². The van der Waals surface area contributed by atoms with Gasteiger partial charge in [0, 0.05) is 24.2 Å². The molecule has 2 amide bonds. The Kier molecular flexibility index (Phi) is 7.67. The first-order valence-electron chi connectivity index (χ1n) is 12.7. The molecule has 0 unspecified atom stereocenters. The molecular weight excluding hydrogens is 520 g/mol. The summed E-state index contributed by atoms with van der Waals surface area (Å²) in [6.07, 6.45) is 0. The van der Waals surface area contributed by atoms with E-state index in [-0.39, 0.29) is 42.2 Å². The minimum absolute atomic E-state index is 0.0413. The van der Waals surface area contributed by atoms with Gasteiger partial charge in [-0.15, -0.1) is 5.23 Å². The van der Waals surface area contributed by atoms with Gasteiger partial charge in [-0.05, 0) is 55.8 Å². The molecule has 3 aromatic carbocycles. The molecule has 208 valence electrons. The molecule has 4 N–H and O–H groups in total. The van der Waals surface area contributed by atoms with E-state index in [1.54, 1.807) is 24.3 Å². The normalized spacial score (nSPS) is 14.6. The van der Waals surface area contributed by atoms with Gasteiger partial charge in [0.1, 0.15) is 19.8 Å². The molecule has 12 heteroatoms. The third kappa shape index (κ3) is 4.73. The summed E-state index contributed by atoms with van der Waals surface area (Å²) in [7, 11) is 0. The number of carboxylic acids is 1. The lowest BCUT2D eigenvalue weighted by atomic mass is 9.94. The number of nitrogens with one attached hydrogen (secondary N) is 2. The molecule has 2 aliphatic rings. The number of benzene rings is 3. The molecule has 0 radical (unpaired) electrons. The van der Waals surface area contributed by atoms with E-state index in [2.05, 4.69) is 15.5 Å². The summed E-state index contributed by atoms with van der Waals surface area (Å²) < 4.78 is 0. The number of rotatable bonds is 9. The van der Waals surface area contributed by atoms with Crippen molar-refractivity contribution in [3.8, 4) is 0 Å². The average molecular weight is 549 g/mol. The minimum atomic E-state index is -1.11. The minimum Gasteiger partial charge on any atom is -0.478 e. The van der Waals surface area contributed by atoms with Crippen molar-refractivity contribution in [2.75, 3.05) is 33.8 Å². The monoisotopic (exact) mass is 548 g/mol. The van der Waals surface area contributed by atoms with Crippen LogP contribution in [0.4, 0.5) is 22.7 Å². The highest BCUT2D eigenvalue weighted by molar-refractivity contribution is 6.38. The second kappa shape index (κ2) is 11.3. The quantitative estimate of drug-likeness (QED) is 0.130. The van der Waals surface area contributed by atoms with Crippen LogP contribution >= 0.6 is 0 Å². The van der Waals surface area contributed by atoms with Gasteiger partial charge in [0.25, 0.3) is 11.8 Å². The lowest BCUT2D eigenvalue weighted by Crippen LogP contribution is -2.29. The Morgan fingerprint density at radius 1 is 0.850 bits per heavy atom. The zero-order valence-corrected chi connectivity index (χ0v) is 21.9. The van der Waals surface area contributed by atoms with E-state index in [1.165, 1.54) is 29.5 Å². The number of hydrogen-bond acceptors (Lipinski definition) is 10. The number of anilines is 4. The fourth-order valence-electron chi connectivity index (χ4n) is 4.87. The van der Waals surface area contributed by atoms with Gasteiger partial charge in [0.05, 0.1) is 39.4 Å². The summed E-state index contributed by atoms with van der Waals surface area (Å²) in [5.41, 5.74) is 4.42. The number of nitrogens with zero attached hydrogens (tertiary/aromatic N) is 2. The van der Waals surface area contributed by atoms with Crippen LogP contribution in [0.25, 0.3) is 0 Å². The van der Waals surface area contributed by atoms with Crippen LogP contribution in [0.15, 0.2) is 48.5 Å². The maximum absolute atomic E-state index is 13.8. The van der Waals surface area contributed by atoms with Gasteiger partial charge in [0.2, 0.25) is 0 Å². The first-order valence-corrected chi connectivity index (χ1v) is 12.7. The molecule has 0 fully saturated rings. The van der Waals surface area contributed by atoms with Gasteiger partial charge in [-0.1, -0.05) is 12.1 Å². The highest BCUT2D eigenvalue weighted by atomic mass is 17.1. The molecule has 2 heterocycles. The maximum atomic E-state index is 13.8. The first kappa shape index (κ1) is 27.1. The lowest BCUT2D eigenvalue weighted by Gasteiger charge is -2.20. The average Bonchev–Trinajstić information content (AvgIpc) is 3.08. The zero-order valence-electron chi connectivity index (χ0n) is 21.9. The van der Waals surface area contributed by atoms with Crippen LogP contribution in [0.2, 0.25) is 0 Å². The van der Waals surface area contributed by atoms with Gasteiger partial charge in [0.15, 0.2) is 0 Å². The number of carbonyl (C=O) groups is 3. The molecule has 0 aromatic heterocycles. The van der Waals surface area contributed by atoms with Crippen LogP contribution in [0, 0.1) is 0 Å². The molecule has 2 aliphatic heterocycles. The van der Waals surface area contributed by atoms with Crippen molar-refractivity contribution in [2.45, 2.75) is 33.7 Å². The van der Waals surface area contributed by atoms with Crippen LogP contribution in [-0.4, -0.2) is 41.2 Å². The fourth-order valence-corrected chi connectivity index (χ4v) is 4.87. The van der Waals surface area contributed by atoms with Crippen molar-refractivity contribution in [1.29, 1.82) is 0 Å². The first-order chi connectivity index (χ1) is 19.4. The van der Waals surface area contributed by atoms with Crippen molar-refractivity contribution in [2.24, 2.45) is 0 Å². The van der Waals surface area contributed by atoms with Crippen LogP contribution in [0.1, 0.15) is 61.6 Å². The van der Waals surface area contributed by atoms with E-state index in [4.69, 9.17) is 14.9 Å². The Labute approximate surface area is 229 Å². The molecular formula is C28H28N4O8. The fraction of sp³-hybridized carbons (Fsp3) is 0.250. The van der Waals surface area contributed by atoms with Gasteiger partial charge in [-0.3, -0.25) is 14.8 Å². The Bertz CT molecular complexity index is 1400. The van der Waals surface area contributed by atoms with Crippen molar-refractivity contribution < 1.29 is 39.3 Å². The molecule has 0 atom stereocenters. The zero-order chi connectivity index (χ0) is 28.4. The summed E-state index contributed by atoms with van der Waals surface area (Å²) in [6.45, 7) is 4.86. The van der Waals surface area contributed by atoms with Crippen molar-refractivity contribution >= 4 is 40.5 Å². The molecule has 0 aliphatic carbocycles. The second-order valence-corrected chi connectivity index (χ2v) is 9.06. The predicted octanol–water partition coefficient (Wildman–Crippen LogP) is 4.42. The molecule has 0 saturated carbocycles. The molecule has 0 spiro atoms. The highest BCUT2D eigenvalue weighted by Crippen LogP contribution is 2.44. The Hall–Kier alpha value is -4.49. The number of hydrogen-bond donors (Lipinski definition) is 4. The Morgan fingerprint density at radius 2 is 1.35 bits per heavy atom. The lowest BCUT2D eigenvalue weighted by molar-refractivity contribution is -0.253. The maximum Gasteiger partial charge on any atom is 0.335 e. The largest absolute Gasteiger partial charge is 0.478 e. The molecule has 0 saturated heterocycles. The summed E-state index contributed by atoms with van der Waals surface area (Å²) in [4.78, 5) is 56.2. The van der Waals surface area contributed by atoms with E-state index in [0.717, 1.165) is 10.5 Å². The van der Waals surface area contributed by atoms with Crippen LogP contribution in [0.3, 0.4) is 0 Å². The third-order valence-corrected chi connectivity index (χ3v) is 6.66. The number of carbonyl (C=O) groups excluding carboxylic acids is 2. The smallest absolute Gasteiger partial charge is 0.335 e. The third-order valence-electron chi connectivity index (χ3n) is 6.66. The van der Waals surface area contributed by atoms with E-state index in [1.807, 2.05) is 13.8 Å². The highest BCUT2D eigenvalue weighted by Gasteiger charge is 2.43. The van der Waals surface area contributed by atoms with Crippen molar-refractivity contribution in [1.82, 2.24) is 0 Å². The van der Waals surface area contributed by atoms with E-state index in [0.29, 0.717) is 41.3 Å². The molecule has 3 aromatic rings. The number of fused-ring (bicyclic) bond motifs is 2. The molecule has 40 heavy (non-hydrogen) atoms. The Balaban J connectivity index is 1.56. The summed E-state index contributed by atoms with van der Waals surface area (Å²) >= 11 is 0. The van der Waals surface area contributed by atoms with Crippen molar-refractivity contribution in [3.05, 3.63) is 81.9 Å². The predicted molar refractivity (Wildman–Crippen MR) is 145 cm³/mol. The molecule has 0 bridgehead atoms. The van der Waals surface area contributed by atoms with Crippen LogP contribution in [0.5, 0.6) is 0 Å². The topological polar surface area (TPSA) is 150 Å². The SMILES string of the molecule is CCNc1c2c(c(NCC)c3c1C(=O)N(c1ccc(C(=O)O)cc1)C3=O)CON(c1ccc(COO)cc1)OC2. The summed E-state index contributed by atoms with van der Waals surface area (Å²) in [6, 6.07) is 12.6. The molecule has 5 rings (SSSR count). The van der Waals surface area contributed by atoms with Crippen LogP contribution in [-0.2, 0) is 34.4 Å². The van der Waals surface area contributed by atoms with Gasteiger partial charge in [-0.2, -0.15) is 0 Å². The Morgan fingerprint density at radius 3 is 1.80 bits per heavy atom. The van der Waals surface area contributed by atoms with Gasteiger partial charge < -0.3 is 15.7 Å². The number of carboxylic acid groups (broad SMARTS) is 1. The molecule has 12 nitrogen and oxygen atoms in total.